The number of carboxylic acid groups (broad SMARTS) is 1. The van der Waals surface area contributed by atoms with Crippen molar-refractivity contribution in [3.05, 3.63) is 59.7 Å². The number of nitrogens with one attached hydrogen (secondary N) is 1. The number of fused-ring (bicyclic) bond motifs is 3. The first kappa shape index (κ1) is 23.8. The summed E-state index contributed by atoms with van der Waals surface area (Å²) in [4.78, 5) is 49.7. The molecule has 2 atom stereocenters. The molecule has 33 heavy (non-hydrogen) atoms. The van der Waals surface area contributed by atoms with Gasteiger partial charge in [-0.05, 0) is 36.1 Å². The molecule has 174 valence electrons. The van der Waals surface area contributed by atoms with Gasteiger partial charge < -0.3 is 19.5 Å². The summed E-state index contributed by atoms with van der Waals surface area (Å²) in [5.41, 5.74) is 4.15. The molecular formula is C24H26N2O7. The Morgan fingerprint density at radius 1 is 1.00 bits per heavy atom. The van der Waals surface area contributed by atoms with Crippen LogP contribution in [0.15, 0.2) is 48.5 Å². The Bertz CT molecular complexity index is 1020. The molecule has 0 saturated heterocycles. The molecule has 2 N–H and O–H groups in total. The minimum Gasteiger partial charge on any atom is -0.480 e. The summed E-state index contributed by atoms with van der Waals surface area (Å²) in [5.74, 6) is -3.37. The fourth-order valence-electron chi connectivity index (χ4n) is 3.77. The molecule has 0 radical (unpaired) electrons. The van der Waals surface area contributed by atoms with Gasteiger partial charge in [0.15, 0.2) is 0 Å². The number of rotatable bonds is 8. The van der Waals surface area contributed by atoms with Crippen LogP contribution >= 0.6 is 0 Å². The number of benzene rings is 2. The molecule has 9 nitrogen and oxygen atoms in total. The fourth-order valence-corrected chi connectivity index (χ4v) is 3.77. The predicted octanol–water partition coefficient (Wildman–Crippen LogP) is 2.39. The van der Waals surface area contributed by atoms with Crippen molar-refractivity contribution in [3.63, 3.8) is 0 Å². The lowest BCUT2D eigenvalue weighted by Gasteiger charge is -2.26. The second kappa shape index (κ2) is 10.2. The van der Waals surface area contributed by atoms with Crippen molar-refractivity contribution in [2.45, 2.75) is 31.8 Å². The molecule has 2 aromatic rings. The zero-order valence-corrected chi connectivity index (χ0v) is 18.6. The van der Waals surface area contributed by atoms with Gasteiger partial charge in [0.25, 0.3) is 5.91 Å². The van der Waals surface area contributed by atoms with Crippen LogP contribution in [0.3, 0.4) is 0 Å². The number of ether oxygens (including phenoxy) is 2. The van der Waals surface area contributed by atoms with E-state index >= 15 is 0 Å². The van der Waals surface area contributed by atoms with Crippen LogP contribution in [0, 0.1) is 0 Å². The number of amides is 2. The lowest BCUT2D eigenvalue weighted by molar-refractivity contribution is -0.156. The van der Waals surface area contributed by atoms with Crippen molar-refractivity contribution < 1.29 is 33.8 Å². The fraction of sp³-hybridized carbons (Fsp3) is 0.333. The van der Waals surface area contributed by atoms with Gasteiger partial charge in [-0.15, -0.1) is 0 Å². The van der Waals surface area contributed by atoms with E-state index in [1.165, 1.54) is 14.0 Å². The molecular weight excluding hydrogens is 428 g/mol. The summed E-state index contributed by atoms with van der Waals surface area (Å²) < 4.78 is 10.3. The monoisotopic (exact) mass is 454 g/mol. The summed E-state index contributed by atoms with van der Waals surface area (Å²) in [5, 5.41) is 11.4. The summed E-state index contributed by atoms with van der Waals surface area (Å²) >= 11 is 0. The van der Waals surface area contributed by atoms with E-state index in [0.717, 1.165) is 27.2 Å². The highest BCUT2D eigenvalue weighted by atomic mass is 16.6. The van der Waals surface area contributed by atoms with Gasteiger partial charge >= 0.3 is 18.0 Å². The first-order valence-corrected chi connectivity index (χ1v) is 10.5. The van der Waals surface area contributed by atoms with E-state index in [2.05, 4.69) is 5.32 Å². The number of esters is 1. The van der Waals surface area contributed by atoms with E-state index in [1.54, 1.807) is 6.92 Å². The molecule has 3 rings (SSSR count). The van der Waals surface area contributed by atoms with Crippen molar-refractivity contribution in [1.82, 2.24) is 10.2 Å². The highest BCUT2D eigenvalue weighted by molar-refractivity contribution is 6.05. The number of carbonyl (C=O) groups excluding carboxylic acids is 3. The maximum Gasteiger partial charge on any atom is 0.408 e. The van der Waals surface area contributed by atoms with Crippen LogP contribution in [0.1, 0.15) is 30.9 Å². The second-order valence-electron chi connectivity index (χ2n) is 7.62. The number of carboxylic acids is 1. The molecule has 2 aromatic carbocycles. The number of likely N-dealkylation sites (N-methyl/N-ethyl adjacent to an activating group) is 1. The number of hydrogen-bond acceptors (Lipinski definition) is 6. The third kappa shape index (κ3) is 4.97. The Hall–Kier alpha value is -3.88. The van der Waals surface area contributed by atoms with Crippen molar-refractivity contribution in [1.29, 1.82) is 0 Å². The average molecular weight is 454 g/mol. The summed E-state index contributed by atoms with van der Waals surface area (Å²) in [7, 11) is 1.23. The molecule has 0 heterocycles. The molecule has 9 heteroatoms. The van der Waals surface area contributed by atoms with Gasteiger partial charge in [0, 0.05) is 13.0 Å². The Labute approximate surface area is 191 Å². The Kier molecular flexibility index (Phi) is 7.32. The first-order chi connectivity index (χ1) is 15.8. The Balaban J connectivity index is 1.73. The normalized spacial score (nSPS) is 13.8. The highest BCUT2D eigenvalue weighted by Gasteiger charge is 2.36. The second-order valence-corrected chi connectivity index (χ2v) is 7.62. The topological polar surface area (TPSA) is 122 Å². The smallest absolute Gasteiger partial charge is 0.408 e. The van der Waals surface area contributed by atoms with Gasteiger partial charge in [-0.3, -0.25) is 10.1 Å². The average Bonchev–Trinajstić information content (AvgIpc) is 3.13. The molecule has 0 aliphatic heterocycles. The van der Waals surface area contributed by atoms with Gasteiger partial charge in [-0.25, -0.2) is 14.4 Å². The maximum absolute atomic E-state index is 12.7. The third-order valence-electron chi connectivity index (χ3n) is 5.66. The summed E-state index contributed by atoms with van der Waals surface area (Å²) in [6, 6.07) is 12.7. The van der Waals surface area contributed by atoms with Crippen LogP contribution < -0.4 is 5.32 Å². The standard InChI is InChI=1S/C24H26N2O7/c1-4-32-23(30)20(21(27)26(3)14(2)22(28)29)25-24(31)33-13-19-17-11-7-5-9-15(17)16-10-6-8-12-18(16)19/h5-12,14,19-20H,4,13H2,1-3H3,(H,25,31)(H,28,29). The number of aliphatic carboxylic acids is 1. The van der Waals surface area contributed by atoms with Gasteiger partial charge in [0.1, 0.15) is 12.6 Å². The molecule has 0 bridgehead atoms. The van der Waals surface area contributed by atoms with Crippen LogP contribution in [0.25, 0.3) is 11.1 Å². The molecule has 2 amide bonds. The van der Waals surface area contributed by atoms with Crippen molar-refractivity contribution in [2.75, 3.05) is 20.3 Å². The van der Waals surface area contributed by atoms with E-state index in [-0.39, 0.29) is 19.1 Å². The number of alkyl carbamates (subject to hydrolysis) is 1. The summed E-state index contributed by atoms with van der Waals surface area (Å²) in [6.07, 6.45) is -0.986. The van der Waals surface area contributed by atoms with E-state index < -0.39 is 36.0 Å². The number of carbonyl (C=O) groups is 4. The van der Waals surface area contributed by atoms with Crippen LogP contribution in [0.2, 0.25) is 0 Å². The van der Waals surface area contributed by atoms with Crippen LogP contribution in [-0.2, 0) is 23.9 Å². The minimum atomic E-state index is -1.73. The zero-order chi connectivity index (χ0) is 24.1. The molecule has 1 aliphatic rings. The van der Waals surface area contributed by atoms with Gasteiger partial charge in [0.2, 0.25) is 6.04 Å². The molecule has 0 fully saturated rings. The maximum atomic E-state index is 12.7. The lowest BCUT2D eigenvalue weighted by Crippen LogP contribution is -2.55. The number of hydrogen-bond donors (Lipinski definition) is 2. The molecule has 1 aliphatic carbocycles. The van der Waals surface area contributed by atoms with Crippen LogP contribution in [-0.4, -0.2) is 66.3 Å². The predicted molar refractivity (Wildman–Crippen MR) is 118 cm³/mol. The lowest BCUT2D eigenvalue weighted by atomic mass is 9.98. The van der Waals surface area contributed by atoms with Crippen molar-refractivity contribution in [3.8, 4) is 11.1 Å². The van der Waals surface area contributed by atoms with Gasteiger partial charge in [-0.2, -0.15) is 0 Å². The zero-order valence-electron chi connectivity index (χ0n) is 18.6. The molecule has 0 saturated carbocycles. The van der Waals surface area contributed by atoms with Gasteiger partial charge in [0.05, 0.1) is 6.61 Å². The molecule has 0 aromatic heterocycles. The van der Waals surface area contributed by atoms with Crippen LogP contribution in [0.5, 0.6) is 0 Å². The molecule has 2 unspecified atom stereocenters. The number of nitrogens with zero attached hydrogens (tertiary/aromatic N) is 1. The Morgan fingerprint density at radius 3 is 2.06 bits per heavy atom. The largest absolute Gasteiger partial charge is 0.480 e. The minimum absolute atomic E-state index is 0.00896. The van der Waals surface area contributed by atoms with Gasteiger partial charge in [-0.1, -0.05) is 48.5 Å². The van der Waals surface area contributed by atoms with E-state index in [9.17, 15) is 19.2 Å². The Morgan fingerprint density at radius 2 is 1.55 bits per heavy atom. The molecule has 0 spiro atoms. The van der Waals surface area contributed by atoms with E-state index in [0.29, 0.717) is 0 Å². The van der Waals surface area contributed by atoms with Crippen molar-refractivity contribution in [2.24, 2.45) is 0 Å². The first-order valence-electron chi connectivity index (χ1n) is 10.5. The summed E-state index contributed by atoms with van der Waals surface area (Å²) in [6.45, 7) is 2.81. The van der Waals surface area contributed by atoms with E-state index in [1.807, 2.05) is 48.5 Å². The SMILES string of the molecule is CCOC(=O)C(NC(=O)OCC1c2ccccc2-c2ccccc21)C(=O)N(C)C(C)C(=O)O. The van der Waals surface area contributed by atoms with E-state index in [4.69, 9.17) is 14.6 Å². The quantitative estimate of drug-likeness (QED) is 0.464. The highest BCUT2D eigenvalue weighted by Crippen LogP contribution is 2.44. The van der Waals surface area contributed by atoms with Crippen molar-refractivity contribution >= 4 is 23.9 Å². The van der Waals surface area contributed by atoms with Crippen LogP contribution in [0.4, 0.5) is 4.79 Å². The third-order valence-corrected chi connectivity index (χ3v) is 5.66.